The lowest BCUT2D eigenvalue weighted by Gasteiger charge is -2.10. The predicted octanol–water partition coefficient (Wildman–Crippen LogP) is 2.22. The summed E-state index contributed by atoms with van der Waals surface area (Å²) in [5.74, 6) is -0.439. The molecule has 6 nitrogen and oxygen atoms in total. The number of benzene rings is 2. The summed E-state index contributed by atoms with van der Waals surface area (Å²) in [4.78, 5) is 24.1. The molecule has 4 rings (SSSR count). The molecule has 0 saturated heterocycles. The van der Waals surface area contributed by atoms with Crippen LogP contribution in [-0.2, 0) is 11.3 Å². The standard InChI is InChI=1S/C18H13BClNO5/c1-9-4-17(22)26-16-6-11(2-3-12(9)16)21-18(23)13-7-14-10(5-15(13)20)8-25-19(14)24/h2-7,24H,8H2,1H3,(H,21,23). The van der Waals surface area contributed by atoms with Crippen molar-refractivity contribution in [3.63, 3.8) is 0 Å². The second-order valence-corrected chi connectivity index (χ2v) is 6.51. The summed E-state index contributed by atoms with van der Waals surface area (Å²) in [7, 11) is -1.06. The van der Waals surface area contributed by atoms with Crippen LogP contribution in [0.4, 0.5) is 5.69 Å². The molecule has 1 aliphatic heterocycles. The molecule has 0 saturated carbocycles. The maximum atomic E-state index is 12.6. The van der Waals surface area contributed by atoms with Gasteiger partial charge in [0.2, 0.25) is 0 Å². The van der Waals surface area contributed by atoms with Crippen molar-refractivity contribution in [1.82, 2.24) is 0 Å². The molecule has 0 spiro atoms. The third-order valence-corrected chi connectivity index (χ3v) is 4.66. The maximum absolute atomic E-state index is 12.6. The molecule has 2 heterocycles. The highest BCUT2D eigenvalue weighted by Crippen LogP contribution is 2.24. The number of anilines is 1. The highest BCUT2D eigenvalue weighted by atomic mass is 35.5. The number of nitrogens with one attached hydrogen (secondary N) is 1. The summed E-state index contributed by atoms with van der Waals surface area (Å²) >= 11 is 6.20. The first-order chi connectivity index (χ1) is 12.4. The van der Waals surface area contributed by atoms with E-state index in [4.69, 9.17) is 20.7 Å². The zero-order valence-corrected chi connectivity index (χ0v) is 14.5. The second kappa shape index (κ2) is 6.28. The van der Waals surface area contributed by atoms with E-state index < -0.39 is 18.7 Å². The quantitative estimate of drug-likeness (QED) is 0.534. The minimum Gasteiger partial charge on any atom is -0.423 e. The van der Waals surface area contributed by atoms with Gasteiger partial charge in [-0.25, -0.2) is 4.79 Å². The van der Waals surface area contributed by atoms with Crippen LogP contribution in [0.3, 0.4) is 0 Å². The normalized spacial score (nSPS) is 13.1. The van der Waals surface area contributed by atoms with E-state index in [1.807, 2.05) is 6.92 Å². The van der Waals surface area contributed by atoms with E-state index in [1.165, 1.54) is 12.1 Å². The van der Waals surface area contributed by atoms with Crippen LogP contribution in [0.15, 0.2) is 45.6 Å². The number of carbonyl (C=O) groups excluding carboxylic acids is 1. The van der Waals surface area contributed by atoms with Gasteiger partial charge in [-0.3, -0.25) is 4.79 Å². The Morgan fingerprint density at radius 2 is 2.08 bits per heavy atom. The molecule has 0 radical (unpaired) electrons. The molecule has 1 aromatic heterocycles. The minimum absolute atomic E-state index is 0.223. The molecule has 0 aliphatic carbocycles. The molecule has 1 aliphatic rings. The molecule has 130 valence electrons. The van der Waals surface area contributed by atoms with Gasteiger partial charge in [0.1, 0.15) is 5.58 Å². The Morgan fingerprint density at radius 1 is 1.27 bits per heavy atom. The fourth-order valence-corrected chi connectivity index (χ4v) is 3.29. The third-order valence-electron chi connectivity index (χ3n) is 4.35. The van der Waals surface area contributed by atoms with Gasteiger partial charge >= 0.3 is 12.7 Å². The van der Waals surface area contributed by atoms with E-state index in [0.29, 0.717) is 16.7 Å². The van der Waals surface area contributed by atoms with Crippen molar-refractivity contribution < 1.29 is 18.9 Å². The van der Waals surface area contributed by atoms with Gasteiger partial charge in [-0.1, -0.05) is 11.6 Å². The summed E-state index contributed by atoms with van der Waals surface area (Å²) in [6.45, 7) is 2.07. The van der Waals surface area contributed by atoms with Crippen LogP contribution in [0, 0.1) is 6.92 Å². The summed E-state index contributed by atoms with van der Waals surface area (Å²) in [5.41, 5.74) is 2.70. The number of hydrogen-bond acceptors (Lipinski definition) is 5. The first-order valence-electron chi connectivity index (χ1n) is 7.90. The average Bonchev–Trinajstić information content (AvgIpc) is 2.93. The lowest BCUT2D eigenvalue weighted by Crippen LogP contribution is -2.29. The summed E-state index contributed by atoms with van der Waals surface area (Å²) in [6, 6.07) is 9.62. The van der Waals surface area contributed by atoms with E-state index in [1.54, 1.807) is 24.3 Å². The van der Waals surface area contributed by atoms with Crippen molar-refractivity contribution in [2.45, 2.75) is 13.5 Å². The smallest absolute Gasteiger partial charge is 0.423 e. The topological polar surface area (TPSA) is 88.8 Å². The Kier molecular flexibility index (Phi) is 4.07. The van der Waals surface area contributed by atoms with Crippen LogP contribution in [0.1, 0.15) is 21.5 Å². The third kappa shape index (κ3) is 2.90. The van der Waals surface area contributed by atoms with Crippen molar-refractivity contribution >= 4 is 46.7 Å². The van der Waals surface area contributed by atoms with E-state index >= 15 is 0 Å². The molecule has 0 unspecified atom stereocenters. The number of halogens is 1. The Morgan fingerprint density at radius 3 is 2.88 bits per heavy atom. The van der Waals surface area contributed by atoms with Gasteiger partial charge in [-0.2, -0.15) is 0 Å². The van der Waals surface area contributed by atoms with E-state index in [-0.39, 0.29) is 17.2 Å². The van der Waals surface area contributed by atoms with Crippen molar-refractivity contribution in [2.24, 2.45) is 0 Å². The SMILES string of the molecule is Cc1cc(=O)oc2cc(NC(=O)c3cc4c(cc3Cl)COB4O)ccc12. The van der Waals surface area contributed by atoms with Gasteiger partial charge in [-0.15, -0.1) is 0 Å². The molecule has 2 aromatic carbocycles. The maximum Gasteiger partial charge on any atom is 0.491 e. The van der Waals surface area contributed by atoms with Gasteiger partial charge in [0.05, 0.1) is 17.2 Å². The van der Waals surface area contributed by atoms with Crippen LogP contribution in [0.5, 0.6) is 0 Å². The van der Waals surface area contributed by atoms with Crippen LogP contribution in [-0.4, -0.2) is 18.0 Å². The van der Waals surface area contributed by atoms with Gasteiger partial charge in [-0.05, 0) is 47.8 Å². The fraction of sp³-hybridized carbons (Fsp3) is 0.111. The minimum atomic E-state index is -1.06. The average molecular weight is 370 g/mol. The van der Waals surface area contributed by atoms with Crippen LogP contribution in [0.2, 0.25) is 5.02 Å². The number of aryl methyl sites for hydroxylation is 1. The molecule has 3 aromatic rings. The van der Waals surface area contributed by atoms with Crippen LogP contribution < -0.4 is 16.4 Å². The lowest BCUT2D eigenvalue weighted by molar-refractivity contribution is 0.102. The molecule has 0 bridgehead atoms. The predicted molar refractivity (Wildman–Crippen MR) is 99.0 cm³/mol. The van der Waals surface area contributed by atoms with Gasteiger partial charge in [0, 0.05) is 23.2 Å². The zero-order chi connectivity index (χ0) is 18.4. The molecular formula is C18H13BClNO5. The van der Waals surface area contributed by atoms with Crippen LogP contribution in [0.25, 0.3) is 11.0 Å². The van der Waals surface area contributed by atoms with Gasteiger partial charge < -0.3 is 19.4 Å². The van der Waals surface area contributed by atoms with Crippen molar-refractivity contribution in [1.29, 1.82) is 0 Å². The van der Waals surface area contributed by atoms with Gasteiger partial charge in [0.15, 0.2) is 0 Å². The Balaban J connectivity index is 1.68. The fourth-order valence-electron chi connectivity index (χ4n) is 3.02. The Bertz CT molecular complexity index is 1110. The number of fused-ring (bicyclic) bond motifs is 2. The number of amides is 1. The lowest BCUT2D eigenvalue weighted by atomic mass is 9.78. The molecule has 0 atom stereocenters. The Labute approximate surface area is 153 Å². The van der Waals surface area contributed by atoms with Crippen molar-refractivity contribution in [2.75, 3.05) is 5.32 Å². The van der Waals surface area contributed by atoms with Gasteiger partial charge in [0.25, 0.3) is 5.91 Å². The molecule has 0 fully saturated rings. The summed E-state index contributed by atoms with van der Waals surface area (Å²) < 4.78 is 10.3. The van der Waals surface area contributed by atoms with E-state index in [9.17, 15) is 14.6 Å². The first kappa shape index (κ1) is 16.8. The largest absolute Gasteiger partial charge is 0.491 e. The zero-order valence-electron chi connectivity index (χ0n) is 13.7. The van der Waals surface area contributed by atoms with E-state index in [0.717, 1.165) is 16.5 Å². The van der Waals surface area contributed by atoms with E-state index in [2.05, 4.69) is 5.32 Å². The molecular weight excluding hydrogens is 356 g/mol. The molecule has 2 N–H and O–H groups in total. The first-order valence-corrected chi connectivity index (χ1v) is 8.28. The Hall–Kier alpha value is -2.61. The number of rotatable bonds is 2. The van der Waals surface area contributed by atoms with Crippen LogP contribution >= 0.6 is 11.6 Å². The molecule has 8 heteroatoms. The number of hydrogen-bond donors (Lipinski definition) is 2. The molecule has 26 heavy (non-hydrogen) atoms. The van der Waals surface area contributed by atoms with Crippen molar-refractivity contribution in [3.05, 3.63) is 68.5 Å². The summed E-state index contributed by atoms with van der Waals surface area (Å²) in [5, 5.41) is 13.6. The highest BCUT2D eigenvalue weighted by molar-refractivity contribution is 6.61. The monoisotopic (exact) mass is 369 g/mol. The van der Waals surface area contributed by atoms with Crippen molar-refractivity contribution in [3.8, 4) is 0 Å². The highest BCUT2D eigenvalue weighted by Gasteiger charge is 2.29. The summed E-state index contributed by atoms with van der Waals surface area (Å²) in [6.07, 6.45) is 0. The molecule has 1 amide bonds. The number of carbonyl (C=O) groups is 1. The second-order valence-electron chi connectivity index (χ2n) is 6.11.